The summed E-state index contributed by atoms with van der Waals surface area (Å²) in [6, 6.07) is 17.6. The molecule has 8 bridgehead atoms. The second-order valence-corrected chi connectivity index (χ2v) is 23.2. The number of hydrogen-bond donors (Lipinski definition) is 6. The lowest BCUT2D eigenvalue weighted by Gasteiger charge is -2.28. The van der Waals surface area contributed by atoms with Crippen molar-refractivity contribution in [3.05, 3.63) is 115 Å². The van der Waals surface area contributed by atoms with Crippen molar-refractivity contribution in [2.45, 2.75) is 143 Å². The molecule has 4 aromatic carbocycles. The summed E-state index contributed by atoms with van der Waals surface area (Å²) in [5, 5.41) is 64.0. The van der Waals surface area contributed by atoms with Crippen LogP contribution in [0, 0.1) is 0 Å². The first-order valence-corrected chi connectivity index (χ1v) is 25.0. The standard InChI is InChI=1S/C58H86N2O8/c1-55(2,3)47-31-39-27-43-35-49(57(7,8)9)37-45(53(43)67-25-13-15-59(17-21-61)18-22-62)29-41-33-48(56(4,5)6)34-42(52(41)66)30-46-38-50(58(10,11)12)36-44(28-40(32-47)51(39)65)54(46)68-26-14-16-60(19-23-63)20-24-64/h31-38,61-66H,13-30H2,1-12H3. The van der Waals surface area contributed by atoms with Crippen LogP contribution >= 0.6 is 0 Å². The van der Waals surface area contributed by atoms with Crippen LogP contribution in [0.15, 0.2) is 48.5 Å². The molecular formula is C58H86N2O8. The van der Waals surface area contributed by atoms with Crippen molar-refractivity contribution in [1.82, 2.24) is 9.80 Å². The average Bonchev–Trinajstić information content (AvgIpc) is 3.23. The third-order valence-corrected chi connectivity index (χ3v) is 13.4. The molecular weight excluding hydrogens is 853 g/mol. The Morgan fingerprint density at radius 3 is 0.794 bits per heavy atom. The Morgan fingerprint density at radius 2 is 0.588 bits per heavy atom. The molecule has 0 unspecified atom stereocenters. The number of aliphatic hydroxyl groups is 4. The Labute approximate surface area is 409 Å². The monoisotopic (exact) mass is 939 g/mol. The van der Waals surface area contributed by atoms with Gasteiger partial charge in [-0.05, 0) is 101 Å². The molecule has 68 heavy (non-hydrogen) atoms. The molecule has 6 N–H and O–H groups in total. The molecule has 1 aliphatic carbocycles. The summed E-state index contributed by atoms with van der Waals surface area (Å²) in [7, 11) is 0. The molecule has 1 aliphatic rings. The van der Waals surface area contributed by atoms with Crippen LogP contribution < -0.4 is 9.47 Å². The van der Waals surface area contributed by atoms with Gasteiger partial charge in [0.25, 0.3) is 0 Å². The molecule has 4 aromatic rings. The molecule has 10 heteroatoms. The normalized spacial score (nSPS) is 13.7. The molecule has 0 amide bonds. The molecule has 5 rings (SSSR count). The van der Waals surface area contributed by atoms with Crippen LogP contribution in [0.1, 0.15) is 163 Å². The second kappa shape index (κ2) is 23.2. The van der Waals surface area contributed by atoms with Crippen LogP contribution in [0.25, 0.3) is 0 Å². The zero-order valence-corrected chi connectivity index (χ0v) is 43.7. The fourth-order valence-electron chi connectivity index (χ4n) is 9.18. The molecule has 0 heterocycles. The fraction of sp³-hybridized carbons (Fsp3) is 0.586. The molecule has 376 valence electrons. The van der Waals surface area contributed by atoms with Crippen molar-refractivity contribution >= 4 is 0 Å². The summed E-state index contributed by atoms with van der Waals surface area (Å²) in [5.74, 6) is 1.99. The number of phenolic OH excluding ortho intramolecular Hbond substituents is 2. The van der Waals surface area contributed by atoms with Gasteiger partial charge in [0, 0.05) is 65.0 Å². The first-order valence-electron chi connectivity index (χ1n) is 25.0. The van der Waals surface area contributed by atoms with E-state index in [4.69, 9.17) is 9.47 Å². The fourth-order valence-corrected chi connectivity index (χ4v) is 9.18. The van der Waals surface area contributed by atoms with E-state index in [-0.39, 0.29) is 59.6 Å². The van der Waals surface area contributed by atoms with E-state index in [1.807, 2.05) is 9.80 Å². The van der Waals surface area contributed by atoms with Crippen molar-refractivity contribution in [3.63, 3.8) is 0 Å². The molecule has 10 nitrogen and oxygen atoms in total. The number of nitrogens with zero attached hydrogens (tertiary/aromatic N) is 2. The smallest absolute Gasteiger partial charge is 0.126 e. The lowest BCUT2D eigenvalue weighted by molar-refractivity contribution is 0.152. The zero-order valence-electron chi connectivity index (χ0n) is 43.7. The third-order valence-electron chi connectivity index (χ3n) is 13.4. The van der Waals surface area contributed by atoms with E-state index in [2.05, 4.69) is 132 Å². The first kappa shape index (κ1) is 54.8. The van der Waals surface area contributed by atoms with E-state index >= 15 is 0 Å². The van der Waals surface area contributed by atoms with Gasteiger partial charge in [0.15, 0.2) is 0 Å². The minimum atomic E-state index is -0.234. The van der Waals surface area contributed by atoms with E-state index in [0.29, 0.717) is 91.0 Å². The molecule has 0 spiro atoms. The number of hydrogen-bond acceptors (Lipinski definition) is 10. The molecule has 0 saturated carbocycles. The minimum Gasteiger partial charge on any atom is -0.507 e. The van der Waals surface area contributed by atoms with Gasteiger partial charge >= 0.3 is 0 Å². The average molecular weight is 939 g/mol. The lowest BCUT2D eigenvalue weighted by atomic mass is 9.79. The highest BCUT2D eigenvalue weighted by Crippen LogP contribution is 2.44. The number of benzene rings is 4. The Morgan fingerprint density at radius 1 is 0.368 bits per heavy atom. The van der Waals surface area contributed by atoms with Gasteiger partial charge in [-0.2, -0.15) is 0 Å². The van der Waals surface area contributed by atoms with E-state index in [9.17, 15) is 30.6 Å². The van der Waals surface area contributed by atoms with Gasteiger partial charge in [0.05, 0.1) is 39.6 Å². The summed E-state index contributed by atoms with van der Waals surface area (Å²) >= 11 is 0. The van der Waals surface area contributed by atoms with Gasteiger partial charge in [0.1, 0.15) is 23.0 Å². The van der Waals surface area contributed by atoms with Gasteiger partial charge < -0.3 is 40.1 Å². The molecule has 0 aliphatic heterocycles. The van der Waals surface area contributed by atoms with Crippen LogP contribution in [0.2, 0.25) is 0 Å². The van der Waals surface area contributed by atoms with Crippen LogP contribution in [-0.4, -0.2) is 119 Å². The van der Waals surface area contributed by atoms with E-state index in [0.717, 1.165) is 78.3 Å². The lowest BCUT2D eigenvalue weighted by Crippen LogP contribution is -2.31. The number of rotatable bonds is 18. The van der Waals surface area contributed by atoms with E-state index in [1.165, 1.54) is 0 Å². The highest BCUT2D eigenvalue weighted by molar-refractivity contribution is 5.59. The molecule has 0 atom stereocenters. The Hall–Kier alpha value is -4.16. The largest absolute Gasteiger partial charge is 0.507 e. The molecule has 0 fully saturated rings. The summed E-state index contributed by atoms with van der Waals surface area (Å²) in [5.41, 5.74) is 10.6. The zero-order chi connectivity index (χ0) is 50.2. The quantitative estimate of drug-likeness (QED) is 0.0471. The van der Waals surface area contributed by atoms with Crippen molar-refractivity contribution in [2.75, 3.05) is 78.9 Å². The van der Waals surface area contributed by atoms with Crippen LogP contribution in [-0.2, 0) is 47.3 Å². The minimum absolute atomic E-state index is 0.00962. The summed E-state index contributed by atoms with van der Waals surface area (Å²) in [6.07, 6.45) is 2.97. The SMILES string of the molecule is CC(C)(C)c1cc2c(O)c(c1)Cc1cc(C(C)(C)C)cc(c1OCCCN(CCO)CCO)Cc1cc(C(C)(C)C)cc(c1O)Cc1cc(C(C)(C)C)cc(c1OCCCN(CCO)CCO)C2. The summed E-state index contributed by atoms with van der Waals surface area (Å²) in [6.45, 7) is 30.5. The highest BCUT2D eigenvalue weighted by Gasteiger charge is 2.29. The summed E-state index contributed by atoms with van der Waals surface area (Å²) in [4.78, 5) is 4.07. The number of phenols is 2. The number of aliphatic hydroxyl groups excluding tert-OH is 4. The predicted molar refractivity (Wildman–Crippen MR) is 277 cm³/mol. The molecule has 0 aromatic heterocycles. The second-order valence-electron chi connectivity index (χ2n) is 23.2. The van der Waals surface area contributed by atoms with Gasteiger partial charge in [-0.3, -0.25) is 9.80 Å². The van der Waals surface area contributed by atoms with Crippen molar-refractivity contribution in [3.8, 4) is 23.0 Å². The predicted octanol–water partition coefficient (Wildman–Crippen LogP) is 9.08. The van der Waals surface area contributed by atoms with Gasteiger partial charge in [-0.25, -0.2) is 0 Å². The van der Waals surface area contributed by atoms with Crippen molar-refractivity contribution < 1.29 is 40.1 Å². The first-order chi connectivity index (χ1) is 31.9. The number of aromatic hydroxyl groups is 2. The van der Waals surface area contributed by atoms with Gasteiger partial charge in [-0.1, -0.05) is 132 Å². The third kappa shape index (κ3) is 14.5. The van der Waals surface area contributed by atoms with Crippen molar-refractivity contribution in [1.29, 1.82) is 0 Å². The van der Waals surface area contributed by atoms with Gasteiger partial charge in [0.2, 0.25) is 0 Å². The Kier molecular flexibility index (Phi) is 18.7. The van der Waals surface area contributed by atoms with Crippen LogP contribution in [0.5, 0.6) is 23.0 Å². The Bertz CT molecular complexity index is 2020. The maximum Gasteiger partial charge on any atom is 0.126 e. The number of ether oxygens (including phenoxy) is 2. The van der Waals surface area contributed by atoms with E-state index in [1.54, 1.807) is 0 Å². The molecule has 0 saturated heterocycles. The topological polar surface area (TPSA) is 146 Å². The molecule has 0 radical (unpaired) electrons. The van der Waals surface area contributed by atoms with Crippen LogP contribution in [0.4, 0.5) is 0 Å². The van der Waals surface area contributed by atoms with E-state index < -0.39 is 0 Å². The highest BCUT2D eigenvalue weighted by atomic mass is 16.5. The van der Waals surface area contributed by atoms with Crippen LogP contribution in [0.3, 0.4) is 0 Å². The van der Waals surface area contributed by atoms with Crippen molar-refractivity contribution in [2.24, 2.45) is 0 Å². The number of fused-ring (bicyclic) bond motifs is 8. The maximum atomic E-state index is 12.6. The summed E-state index contributed by atoms with van der Waals surface area (Å²) < 4.78 is 13.9. The maximum absolute atomic E-state index is 12.6. The van der Waals surface area contributed by atoms with Gasteiger partial charge in [-0.15, -0.1) is 0 Å². The Balaban J connectivity index is 1.82.